The van der Waals surface area contributed by atoms with Crippen molar-refractivity contribution in [1.82, 2.24) is 5.32 Å². The molecule has 0 saturated heterocycles. The van der Waals surface area contributed by atoms with E-state index >= 15 is 0 Å². The van der Waals surface area contributed by atoms with E-state index in [2.05, 4.69) is 5.32 Å². The van der Waals surface area contributed by atoms with Gasteiger partial charge in [-0.25, -0.2) is 0 Å². The first-order chi connectivity index (χ1) is 6.97. The number of carboxylic acid groups (broad SMARTS) is 1. The summed E-state index contributed by atoms with van der Waals surface area (Å²) in [6.45, 7) is 3.36. The van der Waals surface area contributed by atoms with Gasteiger partial charge in [0.1, 0.15) is 0 Å². The maximum atomic E-state index is 11.2. The molecule has 0 aromatic heterocycles. The van der Waals surface area contributed by atoms with Crippen molar-refractivity contribution in [2.24, 2.45) is 0 Å². The van der Waals surface area contributed by atoms with E-state index in [1.807, 2.05) is 0 Å². The summed E-state index contributed by atoms with van der Waals surface area (Å²) in [5.41, 5.74) is 0. The predicted molar refractivity (Wildman–Crippen MR) is 54.4 cm³/mol. The molecule has 0 unspecified atom stereocenters. The van der Waals surface area contributed by atoms with Gasteiger partial charge in [0, 0.05) is 19.3 Å². The van der Waals surface area contributed by atoms with E-state index in [9.17, 15) is 14.4 Å². The molecule has 5 heteroatoms. The summed E-state index contributed by atoms with van der Waals surface area (Å²) in [7, 11) is 0. The number of ketones is 1. The van der Waals surface area contributed by atoms with E-state index < -0.39 is 12.0 Å². The molecule has 0 aliphatic carbocycles. The van der Waals surface area contributed by atoms with Gasteiger partial charge in [0.25, 0.3) is 0 Å². The summed E-state index contributed by atoms with van der Waals surface area (Å²) in [5, 5.41) is 10.9. The van der Waals surface area contributed by atoms with Crippen molar-refractivity contribution in [3.05, 3.63) is 0 Å². The lowest BCUT2D eigenvalue weighted by Gasteiger charge is -2.11. The fourth-order valence-corrected chi connectivity index (χ4v) is 1.10. The number of carbonyl (C=O) groups is 3. The van der Waals surface area contributed by atoms with Crippen LogP contribution >= 0.6 is 0 Å². The summed E-state index contributed by atoms with van der Waals surface area (Å²) in [6, 6.07) is -0.479. The first-order valence-electron chi connectivity index (χ1n) is 5.01. The molecule has 0 aromatic rings. The Labute approximate surface area is 88.9 Å². The highest BCUT2D eigenvalue weighted by Gasteiger charge is 2.13. The van der Waals surface area contributed by atoms with Gasteiger partial charge in [-0.2, -0.15) is 0 Å². The van der Waals surface area contributed by atoms with Gasteiger partial charge < -0.3 is 10.4 Å². The second-order valence-corrected chi connectivity index (χ2v) is 3.36. The molecule has 15 heavy (non-hydrogen) atoms. The third-order valence-electron chi connectivity index (χ3n) is 2.00. The van der Waals surface area contributed by atoms with Crippen molar-refractivity contribution in [2.75, 3.05) is 0 Å². The molecule has 5 nitrogen and oxygen atoms in total. The average molecular weight is 215 g/mol. The Morgan fingerprint density at radius 1 is 1.27 bits per heavy atom. The van der Waals surface area contributed by atoms with Crippen LogP contribution in [0.3, 0.4) is 0 Å². The van der Waals surface area contributed by atoms with Gasteiger partial charge in [0.2, 0.25) is 5.91 Å². The van der Waals surface area contributed by atoms with Crippen LogP contribution in [0.1, 0.15) is 39.5 Å². The zero-order valence-electron chi connectivity index (χ0n) is 9.08. The zero-order chi connectivity index (χ0) is 11.8. The van der Waals surface area contributed by atoms with E-state index in [0.717, 1.165) is 0 Å². The molecule has 0 fully saturated rings. The molecule has 0 bridgehead atoms. The second-order valence-electron chi connectivity index (χ2n) is 3.36. The molecule has 86 valence electrons. The van der Waals surface area contributed by atoms with Crippen LogP contribution in [0.25, 0.3) is 0 Å². The smallest absolute Gasteiger partial charge is 0.303 e. The molecule has 0 aromatic carbocycles. The maximum Gasteiger partial charge on any atom is 0.303 e. The number of amides is 1. The fourth-order valence-electron chi connectivity index (χ4n) is 1.10. The SMILES string of the molecule is CCC(=O)[C@H](C)NC(=O)CCCC(=O)O. The van der Waals surface area contributed by atoms with Crippen molar-refractivity contribution >= 4 is 17.7 Å². The van der Waals surface area contributed by atoms with Gasteiger partial charge in [0.15, 0.2) is 5.78 Å². The lowest BCUT2D eigenvalue weighted by molar-refractivity contribution is -0.137. The van der Waals surface area contributed by atoms with Crippen LogP contribution in [0.2, 0.25) is 0 Å². The number of hydrogen-bond acceptors (Lipinski definition) is 3. The van der Waals surface area contributed by atoms with Crippen molar-refractivity contribution in [3.63, 3.8) is 0 Å². The van der Waals surface area contributed by atoms with Crippen LogP contribution in [0.5, 0.6) is 0 Å². The molecule has 1 amide bonds. The number of rotatable bonds is 7. The molecule has 0 saturated carbocycles. The number of aliphatic carboxylic acids is 1. The lowest BCUT2D eigenvalue weighted by atomic mass is 10.1. The van der Waals surface area contributed by atoms with E-state index in [-0.39, 0.29) is 24.5 Å². The Balaban J connectivity index is 3.74. The minimum absolute atomic E-state index is 0.0243. The minimum atomic E-state index is -0.916. The lowest BCUT2D eigenvalue weighted by Crippen LogP contribution is -2.38. The molecule has 0 spiro atoms. The fraction of sp³-hybridized carbons (Fsp3) is 0.700. The highest BCUT2D eigenvalue weighted by atomic mass is 16.4. The molecule has 2 N–H and O–H groups in total. The standard InChI is InChI=1S/C10H17NO4/c1-3-8(12)7(2)11-9(13)5-4-6-10(14)15/h7H,3-6H2,1-2H3,(H,11,13)(H,14,15)/t7-/m0/s1. The second kappa shape index (κ2) is 6.98. The molecule has 0 radical (unpaired) electrons. The third kappa shape index (κ3) is 6.65. The van der Waals surface area contributed by atoms with E-state index in [4.69, 9.17) is 5.11 Å². The Kier molecular flexibility index (Phi) is 6.33. The summed E-state index contributed by atoms with van der Waals surface area (Å²) in [6.07, 6.45) is 0.807. The maximum absolute atomic E-state index is 11.2. The molecule has 0 heterocycles. The van der Waals surface area contributed by atoms with Crippen LogP contribution in [-0.4, -0.2) is 28.8 Å². The van der Waals surface area contributed by atoms with Crippen LogP contribution in [0.15, 0.2) is 0 Å². The summed E-state index contributed by atoms with van der Waals surface area (Å²) in [4.78, 5) is 32.5. The number of Topliss-reactive ketones (excluding diaryl/α,β-unsaturated/α-hetero) is 1. The molecule has 1 atom stereocenters. The monoisotopic (exact) mass is 215 g/mol. The summed E-state index contributed by atoms with van der Waals surface area (Å²) >= 11 is 0. The zero-order valence-corrected chi connectivity index (χ0v) is 9.08. The molecular formula is C10H17NO4. The first kappa shape index (κ1) is 13.6. The van der Waals surface area contributed by atoms with Crippen molar-refractivity contribution in [1.29, 1.82) is 0 Å². The Hall–Kier alpha value is -1.39. The van der Waals surface area contributed by atoms with Crippen LogP contribution in [0.4, 0.5) is 0 Å². The quantitative estimate of drug-likeness (QED) is 0.655. The van der Waals surface area contributed by atoms with Crippen LogP contribution < -0.4 is 5.32 Å². The van der Waals surface area contributed by atoms with Crippen molar-refractivity contribution in [2.45, 2.75) is 45.6 Å². The van der Waals surface area contributed by atoms with E-state index in [1.165, 1.54) is 0 Å². The van der Waals surface area contributed by atoms with Gasteiger partial charge in [0.05, 0.1) is 6.04 Å². The Morgan fingerprint density at radius 3 is 2.33 bits per heavy atom. The normalized spacial score (nSPS) is 11.9. The number of hydrogen-bond donors (Lipinski definition) is 2. The summed E-state index contributed by atoms with van der Waals surface area (Å²) in [5.74, 6) is -1.22. The minimum Gasteiger partial charge on any atom is -0.481 e. The highest BCUT2D eigenvalue weighted by molar-refractivity contribution is 5.88. The predicted octanol–water partition coefficient (Wildman–Crippen LogP) is 0.725. The number of carbonyl (C=O) groups excluding carboxylic acids is 2. The highest BCUT2D eigenvalue weighted by Crippen LogP contribution is 1.97. The van der Waals surface area contributed by atoms with Crippen LogP contribution in [-0.2, 0) is 14.4 Å². The van der Waals surface area contributed by atoms with Gasteiger partial charge in [-0.3, -0.25) is 14.4 Å². The number of carboxylic acids is 1. The molecule has 0 aliphatic rings. The van der Waals surface area contributed by atoms with Gasteiger partial charge in [-0.1, -0.05) is 6.92 Å². The summed E-state index contributed by atoms with van der Waals surface area (Å²) < 4.78 is 0. The van der Waals surface area contributed by atoms with E-state index in [1.54, 1.807) is 13.8 Å². The first-order valence-corrected chi connectivity index (χ1v) is 5.01. The Bertz CT molecular complexity index is 250. The van der Waals surface area contributed by atoms with Crippen LogP contribution in [0, 0.1) is 0 Å². The number of nitrogens with one attached hydrogen (secondary N) is 1. The molecular weight excluding hydrogens is 198 g/mol. The Morgan fingerprint density at radius 2 is 1.87 bits per heavy atom. The molecule has 0 rings (SSSR count). The van der Waals surface area contributed by atoms with Crippen molar-refractivity contribution in [3.8, 4) is 0 Å². The average Bonchev–Trinajstić information content (AvgIpc) is 2.15. The topological polar surface area (TPSA) is 83.5 Å². The van der Waals surface area contributed by atoms with Crippen molar-refractivity contribution < 1.29 is 19.5 Å². The van der Waals surface area contributed by atoms with Gasteiger partial charge in [-0.15, -0.1) is 0 Å². The third-order valence-corrected chi connectivity index (χ3v) is 2.00. The van der Waals surface area contributed by atoms with Gasteiger partial charge >= 0.3 is 5.97 Å². The van der Waals surface area contributed by atoms with E-state index in [0.29, 0.717) is 12.8 Å². The van der Waals surface area contributed by atoms with Gasteiger partial charge in [-0.05, 0) is 13.3 Å². The largest absolute Gasteiger partial charge is 0.481 e. The molecule has 0 aliphatic heterocycles.